The first-order valence-corrected chi connectivity index (χ1v) is 7.30. The summed E-state index contributed by atoms with van der Waals surface area (Å²) < 4.78 is 0. The van der Waals surface area contributed by atoms with Gasteiger partial charge in [0.25, 0.3) is 0 Å². The van der Waals surface area contributed by atoms with E-state index in [1.54, 1.807) is 0 Å². The van der Waals surface area contributed by atoms with Crippen molar-refractivity contribution in [2.75, 3.05) is 20.2 Å². The van der Waals surface area contributed by atoms with E-state index >= 15 is 0 Å². The van der Waals surface area contributed by atoms with Gasteiger partial charge in [0.05, 0.1) is 6.61 Å². The molecule has 19 heavy (non-hydrogen) atoms. The fourth-order valence-electron chi connectivity index (χ4n) is 2.85. The highest BCUT2D eigenvalue weighted by atomic mass is 16.3. The fraction of sp³-hybridized carbons (Fsp3) is 0.625. The van der Waals surface area contributed by atoms with Crippen molar-refractivity contribution in [3.05, 3.63) is 35.9 Å². The van der Waals surface area contributed by atoms with Crippen LogP contribution in [0.15, 0.2) is 30.3 Å². The zero-order valence-electron chi connectivity index (χ0n) is 12.0. The predicted octanol–water partition coefficient (Wildman–Crippen LogP) is 1.66. The van der Waals surface area contributed by atoms with Gasteiger partial charge in [-0.2, -0.15) is 0 Å². The lowest BCUT2D eigenvalue weighted by molar-refractivity contribution is 0.148. The van der Waals surface area contributed by atoms with Crippen LogP contribution in [0, 0.1) is 0 Å². The summed E-state index contributed by atoms with van der Waals surface area (Å²) in [5.74, 6) is 0. The van der Waals surface area contributed by atoms with Crippen LogP contribution in [0.1, 0.15) is 25.3 Å². The van der Waals surface area contributed by atoms with Crippen molar-refractivity contribution in [3.63, 3.8) is 0 Å². The molecule has 0 aliphatic carbocycles. The summed E-state index contributed by atoms with van der Waals surface area (Å²) in [6.07, 6.45) is 3.24. The van der Waals surface area contributed by atoms with E-state index in [2.05, 4.69) is 48.5 Å². The van der Waals surface area contributed by atoms with Gasteiger partial charge >= 0.3 is 0 Å². The number of aliphatic hydroxyl groups excluding tert-OH is 1. The Hall–Kier alpha value is -0.900. The zero-order chi connectivity index (χ0) is 13.7. The van der Waals surface area contributed by atoms with Crippen LogP contribution in [0.2, 0.25) is 0 Å². The molecule has 0 saturated carbocycles. The van der Waals surface area contributed by atoms with E-state index in [9.17, 15) is 5.11 Å². The third kappa shape index (κ3) is 4.30. The molecule has 1 aliphatic heterocycles. The minimum Gasteiger partial charge on any atom is -0.395 e. The van der Waals surface area contributed by atoms with Crippen molar-refractivity contribution in [2.24, 2.45) is 0 Å². The first kappa shape index (κ1) is 14.5. The Balaban J connectivity index is 1.85. The van der Waals surface area contributed by atoms with Crippen LogP contribution in [0.5, 0.6) is 0 Å². The molecular weight excluding hydrogens is 236 g/mol. The van der Waals surface area contributed by atoms with E-state index in [1.807, 2.05) is 6.07 Å². The summed E-state index contributed by atoms with van der Waals surface area (Å²) in [6, 6.07) is 11.7. The number of likely N-dealkylation sites (tertiary alicyclic amines) is 1. The van der Waals surface area contributed by atoms with Crippen LogP contribution >= 0.6 is 0 Å². The van der Waals surface area contributed by atoms with Crippen LogP contribution in [0.3, 0.4) is 0 Å². The number of benzene rings is 1. The van der Waals surface area contributed by atoms with Crippen molar-refractivity contribution < 1.29 is 5.11 Å². The zero-order valence-corrected chi connectivity index (χ0v) is 12.0. The van der Waals surface area contributed by atoms with Crippen molar-refractivity contribution in [3.8, 4) is 0 Å². The maximum Gasteiger partial charge on any atom is 0.0587 e. The number of hydrogen-bond donors (Lipinski definition) is 2. The van der Waals surface area contributed by atoms with Crippen LogP contribution < -0.4 is 5.32 Å². The Kier molecular flexibility index (Phi) is 5.37. The molecule has 1 saturated heterocycles. The lowest BCUT2D eigenvalue weighted by Crippen LogP contribution is -2.50. The lowest BCUT2D eigenvalue weighted by Gasteiger charge is -2.37. The third-order valence-corrected chi connectivity index (χ3v) is 4.23. The van der Waals surface area contributed by atoms with Gasteiger partial charge in [0.1, 0.15) is 0 Å². The molecule has 3 nitrogen and oxygen atoms in total. The van der Waals surface area contributed by atoms with Crippen LogP contribution in [0.25, 0.3) is 0 Å². The summed E-state index contributed by atoms with van der Waals surface area (Å²) in [4.78, 5) is 2.41. The van der Waals surface area contributed by atoms with Gasteiger partial charge in [0.2, 0.25) is 0 Å². The largest absolute Gasteiger partial charge is 0.395 e. The quantitative estimate of drug-likeness (QED) is 0.847. The van der Waals surface area contributed by atoms with Gasteiger partial charge in [-0.25, -0.2) is 0 Å². The van der Waals surface area contributed by atoms with E-state index in [0.29, 0.717) is 12.1 Å². The number of hydrogen-bond acceptors (Lipinski definition) is 3. The Bertz CT molecular complexity index is 368. The van der Waals surface area contributed by atoms with E-state index in [4.69, 9.17) is 0 Å². The number of aliphatic hydroxyl groups is 1. The molecule has 3 heteroatoms. The monoisotopic (exact) mass is 262 g/mol. The summed E-state index contributed by atoms with van der Waals surface area (Å²) in [5.41, 5.74) is 1.29. The van der Waals surface area contributed by atoms with E-state index in [0.717, 1.165) is 13.0 Å². The van der Waals surface area contributed by atoms with Gasteiger partial charge in [-0.3, -0.25) is 0 Å². The molecule has 1 fully saturated rings. The van der Waals surface area contributed by atoms with E-state index in [-0.39, 0.29) is 12.6 Å². The first-order valence-electron chi connectivity index (χ1n) is 7.30. The van der Waals surface area contributed by atoms with Gasteiger partial charge in [-0.15, -0.1) is 0 Å². The Morgan fingerprint density at radius 3 is 2.74 bits per heavy atom. The summed E-state index contributed by atoms with van der Waals surface area (Å²) in [5, 5.41) is 13.2. The summed E-state index contributed by atoms with van der Waals surface area (Å²) in [6.45, 7) is 3.62. The van der Waals surface area contributed by atoms with Crippen molar-refractivity contribution in [1.82, 2.24) is 10.2 Å². The highest BCUT2D eigenvalue weighted by Crippen LogP contribution is 2.16. The standard InChI is InChI=1S/C16H26N2O/c1-13-10-15(8-9-18(13)2)17-16(12-19)11-14-6-4-3-5-7-14/h3-7,13,15-17,19H,8-12H2,1-2H3/t13?,15?,16-/m1/s1. The topological polar surface area (TPSA) is 35.5 Å². The average Bonchev–Trinajstić information content (AvgIpc) is 2.43. The maximum absolute atomic E-state index is 9.56. The van der Waals surface area contributed by atoms with Crippen molar-refractivity contribution in [1.29, 1.82) is 0 Å². The number of rotatable bonds is 5. The third-order valence-electron chi connectivity index (χ3n) is 4.23. The van der Waals surface area contributed by atoms with Crippen LogP contribution in [-0.2, 0) is 6.42 Å². The molecule has 2 rings (SSSR count). The van der Waals surface area contributed by atoms with Gasteiger partial charge in [-0.1, -0.05) is 30.3 Å². The van der Waals surface area contributed by atoms with Crippen molar-refractivity contribution >= 4 is 0 Å². The fourth-order valence-corrected chi connectivity index (χ4v) is 2.85. The number of nitrogens with one attached hydrogen (secondary N) is 1. The number of piperidine rings is 1. The molecule has 0 spiro atoms. The second-order valence-corrected chi connectivity index (χ2v) is 5.79. The number of nitrogens with zero attached hydrogens (tertiary/aromatic N) is 1. The van der Waals surface area contributed by atoms with Gasteiger partial charge in [0.15, 0.2) is 0 Å². The molecule has 0 bridgehead atoms. The highest BCUT2D eigenvalue weighted by molar-refractivity contribution is 5.16. The second kappa shape index (κ2) is 7.04. The molecule has 106 valence electrons. The Morgan fingerprint density at radius 2 is 2.11 bits per heavy atom. The Morgan fingerprint density at radius 1 is 1.37 bits per heavy atom. The van der Waals surface area contributed by atoms with Gasteiger partial charge < -0.3 is 15.3 Å². The molecule has 2 N–H and O–H groups in total. The molecular formula is C16H26N2O. The molecule has 1 aromatic rings. The molecule has 1 heterocycles. The van der Waals surface area contributed by atoms with Gasteiger partial charge in [-0.05, 0) is 45.3 Å². The summed E-state index contributed by atoms with van der Waals surface area (Å²) >= 11 is 0. The lowest BCUT2D eigenvalue weighted by atomic mass is 9.97. The van der Waals surface area contributed by atoms with Crippen LogP contribution in [-0.4, -0.2) is 48.3 Å². The second-order valence-electron chi connectivity index (χ2n) is 5.79. The van der Waals surface area contributed by atoms with Crippen LogP contribution in [0.4, 0.5) is 0 Å². The molecule has 0 aromatic heterocycles. The minimum absolute atomic E-state index is 0.169. The molecule has 1 aromatic carbocycles. The summed E-state index contributed by atoms with van der Waals surface area (Å²) in [7, 11) is 2.19. The predicted molar refractivity (Wildman–Crippen MR) is 79.3 cm³/mol. The normalized spacial score (nSPS) is 26.3. The first-order chi connectivity index (χ1) is 9.19. The van der Waals surface area contributed by atoms with Crippen molar-refractivity contribution in [2.45, 2.75) is 44.3 Å². The average molecular weight is 262 g/mol. The highest BCUT2D eigenvalue weighted by Gasteiger charge is 2.24. The smallest absolute Gasteiger partial charge is 0.0587 e. The maximum atomic E-state index is 9.56. The SMILES string of the molecule is CC1CC(N[C@@H](CO)Cc2ccccc2)CCN1C. The molecule has 2 unspecified atom stereocenters. The molecule has 3 atom stereocenters. The van der Waals surface area contributed by atoms with E-state index in [1.165, 1.54) is 18.4 Å². The Labute approximate surface area is 116 Å². The molecule has 0 amide bonds. The van der Waals surface area contributed by atoms with E-state index < -0.39 is 0 Å². The molecule has 0 radical (unpaired) electrons. The van der Waals surface area contributed by atoms with Gasteiger partial charge in [0, 0.05) is 18.1 Å². The minimum atomic E-state index is 0.169. The molecule has 1 aliphatic rings.